The van der Waals surface area contributed by atoms with Crippen LogP contribution in [-0.4, -0.2) is 0 Å². The number of hydrogen-bond donors (Lipinski definition) is 2. The van der Waals surface area contributed by atoms with Gasteiger partial charge in [0, 0.05) is 11.4 Å². The molecular weight excluding hydrogens is 388 g/mol. The first-order valence-electron chi connectivity index (χ1n) is 12.2. The quantitative estimate of drug-likeness (QED) is 0.325. The summed E-state index contributed by atoms with van der Waals surface area (Å²) in [5.41, 5.74) is 10.4. The van der Waals surface area contributed by atoms with Gasteiger partial charge >= 0.3 is 0 Å². The summed E-state index contributed by atoms with van der Waals surface area (Å²) >= 11 is 0. The molecule has 0 saturated heterocycles. The first-order chi connectivity index (χ1) is 15.7. The molecular formula is C30H36N2. The smallest absolute Gasteiger partial charge is 0.0849 e. The van der Waals surface area contributed by atoms with Gasteiger partial charge in [0.05, 0.1) is 5.54 Å². The molecule has 3 aromatic carbocycles. The minimum absolute atomic E-state index is 0.296. The molecule has 4 rings (SSSR count). The number of para-hydroxylation sites is 1. The summed E-state index contributed by atoms with van der Waals surface area (Å²) in [6.07, 6.45) is 16.4. The van der Waals surface area contributed by atoms with E-state index >= 15 is 0 Å². The third-order valence-corrected chi connectivity index (χ3v) is 6.60. The van der Waals surface area contributed by atoms with Crippen molar-refractivity contribution in [1.82, 2.24) is 0 Å². The number of rotatable bonds is 10. The molecule has 0 bridgehead atoms. The van der Waals surface area contributed by atoms with E-state index in [0.717, 1.165) is 17.8 Å². The van der Waals surface area contributed by atoms with Crippen molar-refractivity contribution < 1.29 is 0 Å². The fourth-order valence-electron chi connectivity index (χ4n) is 4.65. The average Bonchev–Trinajstić information content (AvgIpc) is 2.83. The second-order valence-electron chi connectivity index (χ2n) is 9.12. The standard InChI is InChI=1S/C30H36N2/c1-2-3-4-5-6-8-11-24-14-15-26-23-27(17-16-25(26)22-24)30(20-18-28(31)19-21-30)32-29-12-9-7-10-13-29/h7,9-10,12-20,22-23,32H,2-6,8,11,21,31H2,1H3. The van der Waals surface area contributed by atoms with Gasteiger partial charge in [-0.05, 0) is 65.4 Å². The summed E-state index contributed by atoms with van der Waals surface area (Å²) in [7, 11) is 0. The maximum absolute atomic E-state index is 6.05. The Balaban J connectivity index is 1.52. The van der Waals surface area contributed by atoms with E-state index in [0.29, 0.717) is 0 Å². The number of benzene rings is 3. The fraction of sp³-hybridized carbons (Fsp3) is 0.333. The molecule has 1 atom stereocenters. The Morgan fingerprint density at radius 2 is 1.59 bits per heavy atom. The second kappa shape index (κ2) is 10.5. The van der Waals surface area contributed by atoms with Gasteiger partial charge in [-0.15, -0.1) is 0 Å². The van der Waals surface area contributed by atoms with Gasteiger partial charge < -0.3 is 11.1 Å². The van der Waals surface area contributed by atoms with Gasteiger partial charge in [-0.25, -0.2) is 0 Å². The van der Waals surface area contributed by atoms with Gasteiger partial charge in [-0.2, -0.15) is 0 Å². The lowest BCUT2D eigenvalue weighted by molar-refractivity contribution is 0.607. The van der Waals surface area contributed by atoms with E-state index in [1.54, 1.807) is 0 Å². The van der Waals surface area contributed by atoms with Gasteiger partial charge in [0.2, 0.25) is 0 Å². The Bertz CT molecular complexity index is 1080. The molecule has 0 aliphatic heterocycles. The van der Waals surface area contributed by atoms with E-state index in [-0.39, 0.29) is 5.54 Å². The van der Waals surface area contributed by atoms with Crippen molar-refractivity contribution in [2.24, 2.45) is 5.73 Å². The van der Waals surface area contributed by atoms with Crippen LogP contribution in [0.4, 0.5) is 5.69 Å². The molecule has 1 unspecified atom stereocenters. The summed E-state index contributed by atoms with van der Waals surface area (Å²) in [5, 5.41) is 6.38. The molecule has 0 spiro atoms. The summed E-state index contributed by atoms with van der Waals surface area (Å²) < 4.78 is 0. The SMILES string of the molecule is CCCCCCCCc1ccc2cc(C3(Nc4ccccc4)C=CC(N)=CC3)ccc2c1. The average molecular weight is 425 g/mol. The zero-order valence-corrected chi connectivity index (χ0v) is 19.3. The number of allylic oxidation sites excluding steroid dienone is 1. The molecule has 2 nitrogen and oxygen atoms in total. The summed E-state index contributed by atoms with van der Waals surface area (Å²) in [4.78, 5) is 0. The lowest BCUT2D eigenvalue weighted by atomic mass is 9.82. The van der Waals surface area contributed by atoms with Crippen molar-refractivity contribution >= 4 is 16.5 Å². The monoisotopic (exact) mass is 424 g/mol. The molecule has 1 aliphatic rings. The molecule has 0 aromatic heterocycles. The molecule has 3 aromatic rings. The Morgan fingerprint density at radius 3 is 2.38 bits per heavy atom. The van der Waals surface area contributed by atoms with Crippen molar-refractivity contribution in [2.45, 2.75) is 63.8 Å². The third kappa shape index (κ3) is 5.43. The number of hydrogen-bond acceptors (Lipinski definition) is 2. The highest BCUT2D eigenvalue weighted by Crippen LogP contribution is 2.36. The predicted molar refractivity (Wildman–Crippen MR) is 139 cm³/mol. The predicted octanol–water partition coefficient (Wildman–Crippen LogP) is 7.85. The van der Waals surface area contributed by atoms with Gasteiger partial charge in [-0.1, -0.05) is 99.7 Å². The molecule has 32 heavy (non-hydrogen) atoms. The lowest BCUT2D eigenvalue weighted by Crippen LogP contribution is -2.34. The molecule has 1 aliphatic carbocycles. The number of fused-ring (bicyclic) bond motifs is 1. The van der Waals surface area contributed by atoms with E-state index in [2.05, 4.69) is 85.1 Å². The van der Waals surface area contributed by atoms with E-state index in [1.807, 2.05) is 12.1 Å². The highest BCUT2D eigenvalue weighted by molar-refractivity contribution is 5.84. The number of anilines is 1. The molecule has 2 heteroatoms. The number of unbranched alkanes of at least 4 members (excludes halogenated alkanes) is 5. The Morgan fingerprint density at radius 1 is 0.844 bits per heavy atom. The van der Waals surface area contributed by atoms with Crippen molar-refractivity contribution in [3.63, 3.8) is 0 Å². The summed E-state index contributed by atoms with van der Waals surface area (Å²) in [5.74, 6) is 0. The van der Waals surface area contributed by atoms with Crippen LogP contribution in [0.3, 0.4) is 0 Å². The van der Waals surface area contributed by atoms with Crippen LogP contribution in [0.25, 0.3) is 10.8 Å². The summed E-state index contributed by atoms with van der Waals surface area (Å²) in [6, 6.07) is 24.3. The molecule has 166 valence electrons. The van der Waals surface area contributed by atoms with Crippen LogP contribution in [0.15, 0.2) is 90.7 Å². The zero-order valence-electron chi connectivity index (χ0n) is 19.3. The van der Waals surface area contributed by atoms with Crippen molar-refractivity contribution in [1.29, 1.82) is 0 Å². The number of nitrogens with one attached hydrogen (secondary N) is 1. The first kappa shape index (κ1) is 22.2. The van der Waals surface area contributed by atoms with Crippen LogP contribution < -0.4 is 11.1 Å². The largest absolute Gasteiger partial charge is 0.399 e. The van der Waals surface area contributed by atoms with Crippen molar-refractivity contribution in [3.05, 3.63) is 102 Å². The van der Waals surface area contributed by atoms with Crippen molar-refractivity contribution in [2.75, 3.05) is 5.32 Å². The molecule has 0 heterocycles. The highest BCUT2D eigenvalue weighted by Gasteiger charge is 2.30. The van der Waals surface area contributed by atoms with Crippen LogP contribution in [-0.2, 0) is 12.0 Å². The zero-order chi connectivity index (χ0) is 22.2. The van der Waals surface area contributed by atoms with Crippen molar-refractivity contribution in [3.8, 4) is 0 Å². The third-order valence-electron chi connectivity index (χ3n) is 6.60. The molecule has 0 fully saturated rings. The minimum Gasteiger partial charge on any atom is -0.399 e. The maximum atomic E-state index is 6.05. The Labute approximate surface area is 193 Å². The molecule has 0 radical (unpaired) electrons. The van der Waals surface area contributed by atoms with Gasteiger partial charge in [-0.3, -0.25) is 0 Å². The second-order valence-corrected chi connectivity index (χ2v) is 9.12. The van der Waals surface area contributed by atoms with Crippen LogP contribution in [0, 0.1) is 0 Å². The van der Waals surface area contributed by atoms with E-state index in [1.165, 1.54) is 66.8 Å². The van der Waals surface area contributed by atoms with E-state index in [9.17, 15) is 0 Å². The Hall–Kier alpha value is -3.00. The van der Waals surface area contributed by atoms with Gasteiger partial charge in [0.25, 0.3) is 0 Å². The maximum Gasteiger partial charge on any atom is 0.0849 e. The number of aryl methyl sites for hydroxylation is 1. The first-order valence-corrected chi connectivity index (χ1v) is 12.2. The molecule has 0 amide bonds. The minimum atomic E-state index is -0.296. The van der Waals surface area contributed by atoms with E-state index in [4.69, 9.17) is 5.73 Å². The summed E-state index contributed by atoms with van der Waals surface area (Å²) in [6.45, 7) is 2.27. The molecule has 0 saturated carbocycles. The van der Waals surface area contributed by atoms with Gasteiger partial charge in [0.15, 0.2) is 0 Å². The highest BCUT2D eigenvalue weighted by atomic mass is 15.0. The Kier molecular flexibility index (Phi) is 7.32. The topological polar surface area (TPSA) is 38.0 Å². The van der Waals surface area contributed by atoms with Crippen LogP contribution >= 0.6 is 0 Å². The molecule has 3 N–H and O–H groups in total. The number of nitrogens with two attached hydrogens (primary N) is 1. The lowest BCUT2D eigenvalue weighted by Gasteiger charge is -2.35. The van der Waals surface area contributed by atoms with Gasteiger partial charge in [0.1, 0.15) is 0 Å². The van der Waals surface area contributed by atoms with E-state index < -0.39 is 0 Å². The normalized spacial score (nSPS) is 18.0. The van der Waals surface area contributed by atoms with Crippen LogP contribution in [0.1, 0.15) is 63.0 Å². The van der Waals surface area contributed by atoms with Crippen LogP contribution in [0.5, 0.6) is 0 Å². The fourth-order valence-corrected chi connectivity index (χ4v) is 4.65. The van der Waals surface area contributed by atoms with Crippen LogP contribution in [0.2, 0.25) is 0 Å².